The molecule has 2 heterocycles. The number of nitrogens with zero attached hydrogens (tertiary/aromatic N) is 1. The Kier molecular flexibility index (Phi) is 3.48. The number of rotatable bonds is 4. The lowest BCUT2D eigenvalue weighted by molar-refractivity contribution is -0.120. The van der Waals surface area contributed by atoms with Gasteiger partial charge < -0.3 is 14.3 Å². The van der Waals surface area contributed by atoms with Gasteiger partial charge >= 0.3 is 0 Å². The van der Waals surface area contributed by atoms with Crippen LogP contribution in [-0.4, -0.2) is 11.1 Å². The van der Waals surface area contributed by atoms with Crippen LogP contribution < -0.4 is 5.32 Å². The van der Waals surface area contributed by atoms with Crippen LogP contribution in [0.15, 0.2) is 39.3 Å². The monoisotopic (exact) mass is 284 g/mol. The molecule has 0 aliphatic rings. The number of carbonyl (C=O) groups is 1. The van der Waals surface area contributed by atoms with E-state index in [1.165, 1.54) is 0 Å². The third kappa shape index (κ3) is 2.81. The first-order valence-corrected chi connectivity index (χ1v) is 6.79. The number of nitrogens with one attached hydrogen (secondary N) is 1. The van der Waals surface area contributed by atoms with Gasteiger partial charge in [-0.3, -0.25) is 4.79 Å². The molecule has 0 aliphatic carbocycles. The topological polar surface area (TPSA) is 68.3 Å². The molecule has 1 N–H and O–H groups in total. The van der Waals surface area contributed by atoms with E-state index in [-0.39, 0.29) is 12.3 Å². The van der Waals surface area contributed by atoms with Crippen molar-refractivity contribution in [1.29, 1.82) is 0 Å². The number of hydrogen-bond acceptors (Lipinski definition) is 4. The van der Waals surface area contributed by atoms with Crippen LogP contribution in [0.25, 0.3) is 11.0 Å². The number of para-hydroxylation sites is 1. The van der Waals surface area contributed by atoms with Crippen LogP contribution in [0, 0.1) is 13.8 Å². The Hall–Kier alpha value is -2.56. The van der Waals surface area contributed by atoms with Crippen molar-refractivity contribution >= 4 is 16.9 Å². The van der Waals surface area contributed by atoms with E-state index in [2.05, 4.69) is 10.5 Å². The minimum Gasteiger partial charge on any atom is -0.459 e. The molecule has 0 saturated heterocycles. The number of fused-ring (bicyclic) bond motifs is 1. The standard InChI is InChI=1S/C16H16N2O3/c1-10-14(11(2)21-18-10)8-16(19)17-9-13-7-12-5-3-4-6-15(12)20-13/h3-7H,8-9H2,1-2H3,(H,17,19). The van der Waals surface area contributed by atoms with Crippen LogP contribution in [0.2, 0.25) is 0 Å². The summed E-state index contributed by atoms with van der Waals surface area (Å²) in [4.78, 5) is 12.0. The molecule has 0 aliphatic heterocycles. The number of benzene rings is 1. The number of carbonyl (C=O) groups excluding carboxylic acids is 1. The van der Waals surface area contributed by atoms with Gasteiger partial charge in [0.15, 0.2) is 0 Å². The summed E-state index contributed by atoms with van der Waals surface area (Å²) in [6.07, 6.45) is 0.265. The lowest BCUT2D eigenvalue weighted by atomic mass is 10.1. The summed E-state index contributed by atoms with van der Waals surface area (Å²) >= 11 is 0. The zero-order chi connectivity index (χ0) is 14.8. The maximum absolute atomic E-state index is 12.0. The van der Waals surface area contributed by atoms with E-state index < -0.39 is 0 Å². The zero-order valence-corrected chi connectivity index (χ0v) is 12.0. The molecule has 5 nitrogen and oxygen atoms in total. The number of aromatic nitrogens is 1. The van der Waals surface area contributed by atoms with E-state index in [0.29, 0.717) is 12.3 Å². The Morgan fingerprint density at radius 1 is 1.29 bits per heavy atom. The number of amides is 1. The van der Waals surface area contributed by atoms with Crippen molar-refractivity contribution in [3.8, 4) is 0 Å². The molecular formula is C16H16N2O3. The molecule has 0 atom stereocenters. The van der Waals surface area contributed by atoms with Crippen LogP contribution >= 0.6 is 0 Å². The summed E-state index contributed by atoms with van der Waals surface area (Å²) in [6, 6.07) is 9.70. The number of hydrogen-bond donors (Lipinski definition) is 1. The summed E-state index contributed by atoms with van der Waals surface area (Å²) in [6.45, 7) is 4.01. The largest absolute Gasteiger partial charge is 0.459 e. The van der Waals surface area contributed by atoms with E-state index in [1.54, 1.807) is 0 Å². The predicted molar refractivity (Wildman–Crippen MR) is 77.7 cm³/mol. The smallest absolute Gasteiger partial charge is 0.225 e. The molecule has 1 amide bonds. The maximum atomic E-state index is 12.0. The van der Waals surface area contributed by atoms with Gasteiger partial charge in [0.25, 0.3) is 0 Å². The van der Waals surface area contributed by atoms with Gasteiger partial charge in [0.2, 0.25) is 5.91 Å². The Bertz CT molecular complexity index is 733. The first-order valence-electron chi connectivity index (χ1n) is 6.79. The molecule has 0 radical (unpaired) electrons. The van der Waals surface area contributed by atoms with Gasteiger partial charge in [-0.05, 0) is 26.0 Å². The van der Waals surface area contributed by atoms with Crippen molar-refractivity contribution in [2.24, 2.45) is 0 Å². The van der Waals surface area contributed by atoms with E-state index in [0.717, 1.165) is 28.0 Å². The first-order chi connectivity index (χ1) is 10.1. The molecule has 0 fully saturated rings. The van der Waals surface area contributed by atoms with Crippen molar-refractivity contribution < 1.29 is 13.7 Å². The molecule has 5 heteroatoms. The fourth-order valence-corrected chi connectivity index (χ4v) is 2.29. The molecule has 108 valence electrons. The molecule has 1 aromatic carbocycles. The second kappa shape index (κ2) is 5.44. The van der Waals surface area contributed by atoms with Crippen molar-refractivity contribution in [2.75, 3.05) is 0 Å². The Morgan fingerprint density at radius 3 is 2.81 bits per heavy atom. The highest BCUT2D eigenvalue weighted by molar-refractivity contribution is 5.80. The number of furan rings is 1. The minimum atomic E-state index is -0.0788. The van der Waals surface area contributed by atoms with Gasteiger partial charge in [-0.1, -0.05) is 23.4 Å². The average Bonchev–Trinajstić information content (AvgIpc) is 3.03. The molecular weight excluding hydrogens is 268 g/mol. The normalized spacial score (nSPS) is 11.0. The first kappa shape index (κ1) is 13.4. The van der Waals surface area contributed by atoms with Crippen molar-refractivity contribution in [1.82, 2.24) is 10.5 Å². The third-order valence-corrected chi connectivity index (χ3v) is 3.45. The fourth-order valence-electron chi connectivity index (χ4n) is 2.29. The SMILES string of the molecule is Cc1noc(C)c1CC(=O)NCc1cc2ccccc2o1. The fraction of sp³-hybridized carbons (Fsp3) is 0.250. The molecule has 0 bridgehead atoms. The molecule has 0 saturated carbocycles. The Balaban J connectivity index is 1.63. The minimum absolute atomic E-state index is 0.0788. The van der Waals surface area contributed by atoms with Gasteiger partial charge in [-0.25, -0.2) is 0 Å². The predicted octanol–water partition coefficient (Wildman–Crippen LogP) is 2.90. The van der Waals surface area contributed by atoms with E-state index in [9.17, 15) is 4.79 Å². The second-order valence-electron chi connectivity index (χ2n) is 5.01. The average molecular weight is 284 g/mol. The van der Waals surface area contributed by atoms with Crippen LogP contribution in [0.4, 0.5) is 0 Å². The maximum Gasteiger partial charge on any atom is 0.225 e. The van der Waals surface area contributed by atoms with Crippen molar-refractivity contribution in [2.45, 2.75) is 26.8 Å². The van der Waals surface area contributed by atoms with Crippen LogP contribution in [0.1, 0.15) is 22.8 Å². The highest BCUT2D eigenvalue weighted by atomic mass is 16.5. The van der Waals surface area contributed by atoms with Gasteiger partial charge in [0, 0.05) is 10.9 Å². The van der Waals surface area contributed by atoms with Gasteiger partial charge in [-0.15, -0.1) is 0 Å². The third-order valence-electron chi connectivity index (χ3n) is 3.45. The summed E-state index contributed by atoms with van der Waals surface area (Å²) in [5.41, 5.74) is 2.43. The molecule has 0 spiro atoms. The van der Waals surface area contributed by atoms with Gasteiger partial charge in [-0.2, -0.15) is 0 Å². The van der Waals surface area contributed by atoms with E-state index in [4.69, 9.17) is 8.94 Å². The summed E-state index contributed by atoms with van der Waals surface area (Å²) in [7, 11) is 0. The van der Waals surface area contributed by atoms with E-state index >= 15 is 0 Å². The van der Waals surface area contributed by atoms with Gasteiger partial charge in [0.1, 0.15) is 17.1 Å². The lowest BCUT2D eigenvalue weighted by Gasteiger charge is -2.02. The Labute approximate surface area is 121 Å². The zero-order valence-electron chi connectivity index (χ0n) is 12.0. The summed E-state index contributed by atoms with van der Waals surface area (Å²) < 4.78 is 10.7. The second-order valence-corrected chi connectivity index (χ2v) is 5.01. The molecule has 21 heavy (non-hydrogen) atoms. The molecule has 3 rings (SSSR count). The lowest BCUT2D eigenvalue weighted by Crippen LogP contribution is -2.24. The van der Waals surface area contributed by atoms with Crippen LogP contribution in [-0.2, 0) is 17.8 Å². The van der Waals surface area contributed by atoms with Crippen LogP contribution in [0.3, 0.4) is 0 Å². The Morgan fingerprint density at radius 2 is 2.10 bits per heavy atom. The quantitative estimate of drug-likeness (QED) is 0.800. The molecule has 3 aromatic rings. The van der Waals surface area contributed by atoms with E-state index in [1.807, 2.05) is 44.2 Å². The molecule has 0 unspecified atom stereocenters. The number of aryl methyl sites for hydroxylation is 2. The highest BCUT2D eigenvalue weighted by Crippen LogP contribution is 2.18. The summed E-state index contributed by atoms with van der Waals surface area (Å²) in [5.74, 6) is 1.35. The van der Waals surface area contributed by atoms with Gasteiger partial charge in [0.05, 0.1) is 18.7 Å². The molecule has 2 aromatic heterocycles. The van der Waals surface area contributed by atoms with Crippen LogP contribution in [0.5, 0.6) is 0 Å². The van der Waals surface area contributed by atoms with Crippen molar-refractivity contribution in [3.05, 3.63) is 53.1 Å². The summed E-state index contributed by atoms with van der Waals surface area (Å²) in [5, 5.41) is 7.73. The van der Waals surface area contributed by atoms with Crippen molar-refractivity contribution in [3.63, 3.8) is 0 Å². The highest BCUT2D eigenvalue weighted by Gasteiger charge is 2.13.